The number of nitrogens with one attached hydrogen (secondary N) is 1. The Morgan fingerprint density at radius 3 is 2.40 bits per heavy atom. The summed E-state index contributed by atoms with van der Waals surface area (Å²) in [7, 11) is 2.17. The Bertz CT molecular complexity index is 938. The predicted octanol–water partition coefficient (Wildman–Crippen LogP) is 4.80. The van der Waals surface area contributed by atoms with E-state index >= 15 is 0 Å². The molecule has 0 saturated carbocycles. The van der Waals surface area contributed by atoms with Crippen LogP contribution in [-0.4, -0.2) is 48.1 Å². The van der Waals surface area contributed by atoms with Crippen LogP contribution in [0.2, 0.25) is 5.02 Å². The lowest BCUT2D eigenvalue weighted by atomic mass is 10.1. The van der Waals surface area contributed by atoms with Crippen molar-refractivity contribution in [3.8, 4) is 0 Å². The summed E-state index contributed by atoms with van der Waals surface area (Å²) in [5.41, 5.74) is 4.46. The first-order valence-corrected chi connectivity index (χ1v) is 10.9. The molecule has 2 aromatic carbocycles. The standard InChI is InChI=1S/C24H28ClN5/c1-29-14-16-30(17-15-29)21-12-10-20(11-13-21)27-24-26-18-22(25)23(28-24)9-5-8-19-6-3-2-4-7-19/h2-4,6-7,10-13,18H,5,8-9,14-17H2,1H3,(H,26,27,28). The van der Waals surface area contributed by atoms with Gasteiger partial charge in [-0.15, -0.1) is 0 Å². The fourth-order valence-electron chi connectivity index (χ4n) is 3.69. The highest BCUT2D eigenvalue weighted by molar-refractivity contribution is 6.31. The van der Waals surface area contributed by atoms with E-state index in [1.165, 1.54) is 11.3 Å². The van der Waals surface area contributed by atoms with E-state index in [1.807, 2.05) is 6.07 Å². The molecule has 0 amide bonds. The van der Waals surface area contributed by atoms with Crippen molar-refractivity contribution in [1.82, 2.24) is 14.9 Å². The number of likely N-dealkylation sites (N-methyl/N-ethyl adjacent to an activating group) is 1. The van der Waals surface area contributed by atoms with Crippen molar-refractivity contribution in [2.24, 2.45) is 0 Å². The van der Waals surface area contributed by atoms with Gasteiger partial charge in [0, 0.05) is 37.6 Å². The Morgan fingerprint density at radius 2 is 1.67 bits per heavy atom. The molecular formula is C24H28ClN5. The molecule has 0 bridgehead atoms. The summed E-state index contributed by atoms with van der Waals surface area (Å²) in [6.45, 7) is 4.34. The number of aryl methyl sites for hydroxylation is 2. The molecule has 1 saturated heterocycles. The molecule has 0 aliphatic carbocycles. The topological polar surface area (TPSA) is 44.3 Å². The number of rotatable bonds is 7. The highest BCUT2D eigenvalue weighted by Gasteiger charge is 2.14. The van der Waals surface area contributed by atoms with Crippen molar-refractivity contribution in [3.63, 3.8) is 0 Å². The van der Waals surface area contributed by atoms with Crippen molar-refractivity contribution in [2.75, 3.05) is 43.4 Å². The van der Waals surface area contributed by atoms with Gasteiger partial charge in [-0.3, -0.25) is 0 Å². The Kier molecular flexibility index (Phi) is 6.82. The van der Waals surface area contributed by atoms with Crippen LogP contribution >= 0.6 is 11.6 Å². The highest BCUT2D eigenvalue weighted by Crippen LogP contribution is 2.22. The van der Waals surface area contributed by atoms with Gasteiger partial charge in [-0.05, 0) is 56.1 Å². The SMILES string of the molecule is CN1CCN(c2ccc(Nc3ncc(Cl)c(CCCc4ccccc4)n3)cc2)CC1. The van der Waals surface area contributed by atoms with Crippen LogP contribution in [0.5, 0.6) is 0 Å². The summed E-state index contributed by atoms with van der Waals surface area (Å²) in [5.74, 6) is 0.585. The van der Waals surface area contributed by atoms with Crippen molar-refractivity contribution < 1.29 is 0 Å². The third kappa shape index (κ3) is 5.49. The molecule has 1 aliphatic heterocycles. The van der Waals surface area contributed by atoms with Crippen LogP contribution < -0.4 is 10.2 Å². The Morgan fingerprint density at radius 1 is 0.933 bits per heavy atom. The average Bonchev–Trinajstić information content (AvgIpc) is 2.78. The van der Waals surface area contributed by atoms with E-state index in [-0.39, 0.29) is 0 Å². The first-order chi connectivity index (χ1) is 14.7. The average molecular weight is 422 g/mol. The molecular weight excluding hydrogens is 394 g/mol. The number of anilines is 3. The van der Waals surface area contributed by atoms with Crippen molar-refractivity contribution in [2.45, 2.75) is 19.3 Å². The molecule has 4 rings (SSSR count). The smallest absolute Gasteiger partial charge is 0.227 e. The minimum Gasteiger partial charge on any atom is -0.369 e. The van der Waals surface area contributed by atoms with Gasteiger partial charge in [0.2, 0.25) is 5.95 Å². The number of benzene rings is 2. The van der Waals surface area contributed by atoms with E-state index in [2.05, 4.69) is 80.7 Å². The quantitative estimate of drug-likeness (QED) is 0.593. The van der Waals surface area contributed by atoms with Crippen molar-refractivity contribution in [1.29, 1.82) is 0 Å². The fraction of sp³-hybridized carbons (Fsp3) is 0.333. The van der Waals surface area contributed by atoms with E-state index in [4.69, 9.17) is 11.6 Å². The number of nitrogens with zero attached hydrogens (tertiary/aromatic N) is 4. The van der Waals surface area contributed by atoms with Crippen LogP contribution in [0.15, 0.2) is 60.8 Å². The first kappa shape index (κ1) is 20.6. The summed E-state index contributed by atoms with van der Waals surface area (Å²) in [4.78, 5) is 13.8. The number of hydrogen-bond donors (Lipinski definition) is 1. The summed E-state index contributed by atoms with van der Waals surface area (Å²) in [6.07, 6.45) is 4.53. The van der Waals surface area contributed by atoms with E-state index in [0.29, 0.717) is 11.0 Å². The minimum absolute atomic E-state index is 0.585. The third-order valence-electron chi connectivity index (χ3n) is 5.53. The normalized spacial score (nSPS) is 14.7. The molecule has 1 fully saturated rings. The monoisotopic (exact) mass is 421 g/mol. The van der Waals surface area contributed by atoms with Gasteiger partial charge in [-0.1, -0.05) is 41.9 Å². The predicted molar refractivity (Wildman–Crippen MR) is 125 cm³/mol. The van der Waals surface area contributed by atoms with Crippen LogP contribution in [0, 0.1) is 0 Å². The van der Waals surface area contributed by atoms with Gasteiger partial charge in [0.25, 0.3) is 0 Å². The van der Waals surface area contributed by atoms with E-state index < -0.39 is 0 Å². The number of aromatic nitrogens is 2. The molecule has 0 atom stereocenters. The molecule has 0 unspecified atom stereocenters. The molecule has 30 heavy (non-hydrogen) atoms. The van der Waals surface area contributed by atoms with Crippen molar-refractivity contribution >= 4 is 28.9 Å². The number of hydrogen-bond acceptors (Lipinski definition) is 5. The Labute approximate surface area is 183 Å². The molecule has 1 aliphatic rings. The number of piperazine rings is 1. The maximum Gasteiger partial charge on any atom is 0.227 e. The molecule has 1 N–H and O–H groups in total. The Hall–Kier alpha value is -2.63. The molecule has 3 aromatic rings. The molecule has 156 valence electrons. The summed E-state index contributed by atoms with van der Waals surface area (Å²) in [5, 5.41) is 3.93. The first-order valence-electron chi connectivity index (χ1n) is 10.5. The molecule has 6 heteroatoms. The maximum absolute atomic E-state index is 6.34. The zero-order valence-electron chi connectivity index (χ0n) is 17.4. The minimum atomic E-state index is 0.585. The molecule has 0 radical (unpaired) electrons. The van der Waals surface area contributed by atoms with Gasteiger partial charge in [-0.2, -0.15) is 0 Å². The number of halogens is 1. The van der Waals surface area contributed by atoms with E-state index in [0.717, 1.165) is 56.8 Å². The second kappa shape index (κ2) is 9.92. The molecule has 5 nitrogen and oxygen atoms in total. The maximum atomic E-state index is 6.34. The van der Waals surface area contributed by atoms with Crippen LogP contribution in [0.3, 0.4) is 0 Å². The lowest BCUT2D eigenvalue weighted by Gasteiger charge is -2.34. The van der Waals surface area contributed by atoms with Gasteiger partial charge < -0.3 is 15.1 Å². The van der Waals surface area contributed by atoms with Crippen LogP contribution in [0.4, 0.5) is 17.3 Å². The van der Waals surface area contributed by atoms with Gasteiger partial charge in [0.1, 0.15) is 0 Å². The zero-order valence-corrected chi connectivity index (χ0v) is 18.1. The van der Waals surface area contributed by atoms with Crippen LogP contribution in [0.25, 0.3) is 0 Å². The van der Waals surface area contributed by atoms with Crippen LogP contribution in [0.1, 0.15) is 17.7 Å². The van der Waals surface area contributed by atoms with Crippen molar-refractivity contribution in [3.05, 3.63) is 77.1 Å². The third-order valence-corrected chi connectivity index (χ3v) is 5.85. The van der Waals surface area contributed by atoms with Gasteiger partial charge in [-0.25, -0.2) is 9.97 Å². The molecule has 0 spiro atoms. The second-order valence-electron chi connectivity index (χ2n) is 7.79. The Balaban J connectivity index is 1.35. The van der Waals surface area contributed by atoms with Gasteiger partial charge >= 0.3 is 0 Å². The van der Waals surface area contributed by atoms with Gasteiger partial charge in [0.05, 0.1) is 16.9 Å². The molecule has 1 aromatic heterocycles. The van der Waals surface area contributed by atoms with Crippen LogP contribution in [-0.2, 0) is 12.8 Å². The second-order valence-corrected chi connectivity index (χ2v) is 8.20. The van der Waals surface area contributed by atoms with Gasteiger partial charge in [0.15, 0.2) is 0 Å². The van der Waals surface area contributed by atoms with E-state index in [1.54, 1.807) is 6.20 Å². The zero-order chi connectivity index (χ0) is 20.8. The summed E-state index contributed by atoms with van der Waals surface area (Å²) < 4.78 is 0. The highest BCUT2D eigenvalue weighted by atomic mass is 35.5. The van der Waals surface area contributed by atoms with E-state index in [9.17, 15) is 0 Å². The lowest BCUT2D eigenvalue weighted by molar-refractivity contribution is 0.313. The largest absolute Gasteiger partial charge is 0.369 e. The fourth-order valence-corrected chi connectivity index (χ4v) is 3.88. The summed E-state index contributed by atoms with van der Waals surface area (Å²) in [6, 6.07) is 19.0. The molecule has 2 heterocycles. The summed E-state index contributed by atoms with van der Waals surface area (Å²) >= 11 is 6.34. The lowest BCUT2D eigenvalue weighted by Crippen LogP contribution is -2.44.